The van der Waals surface area contributed by atoms with Gasteiger partial charge in [-0.15, -0.1) is 0 Å². The van der Waals surface area contributed by atoms with Gasteiger partial charge in [0.1, 0.15) is 0 Å². The Morgan fingerprint density at radius 1 is 1.15 bits per heavy atom. The van der Waals surface area contributed by atoms with Gasteiger partial charge in [0, 0.05) is 11.4 Å². The zero-order chi connectivity index (χ0) is 13.9. The SMILES string of the molecule is Cc1cc(C)nc(Nc2cncc([C@@H]3CCCN3)n2)n1. The second kappa shape index (κ2) is 5.50. The minimum absolute atomic E-state index is 0.310. The van der Waals surface area contributed by atoms with Gasteiger partial charge in [-0.25, -0.2) is 15.0 Å². The highest BCUT2D eigenvalue weighted by atomic mass is 15.2. The van der Waals surface area contributed by atoms with Crippen LogP contribution in [0.2, 0.25) is 0 Å². The molecule has 0 saturated carbocycles. The fourth-order valence-corrected chi connectivity index (χ4v) is 2.44. The third kappa shape index (κ3) is 2.91. The zero-order valence-electron chi connectivity index (χ0n) is 11.7. The average molecular weight is 270 g/mol. The standard InChI is InChI=1S/C14H18N6/c1-9-6-10(2)18-14(17-9)20-13-8-15-7-12(19-13)11-4-3-5-16-11/h6-8,11,16H,3-5H2,1-2H3,(H,17,18,19,20)/t11-/m0/s1. The molecular formula is C14H18N6. The van der Waals surface area contributed by atoms with Gasteiger partial charge < -0.3 is 10.6 Å². The number of hydrogen-bond acceptors (Lipinski definition) is 6. The van der Waals surface area contributed by atoms with Crippen molar-refractivity contribution in [3.05, 3.63) is 35.5 Å². The fourth-order valence-electron chi connectivity index (χ4n) is 2.44. The zero-order valence-corrected chi connectivity index (χ0v) is 11.7. The van der Waals surface area contributed by atoms with Crippen molar-refractivity contribution < 1.29 is 0 Å². The number of aromatic nitrogens is 4. The van der Waals surface area contributed by atoms with Crippen molar-refractivity contribution in [2.24, 2.45) is 0 Å². The van der Waals surface area contributed by atoms with Crippen molar-refractivity contribution in [2.45, 2.75) is 32.7 Å². The molecule has 0 amide bonds. The fraction of sp³-hybridized carbons (Fsp3) is 0.429. The Hall–Kier alpha value is -2.08. The molecule has 0 aliphatic carbocycles. The third-order valence-corrected chi connectivity index (χ3v) is 3.29. The molecule has 1 aliphatic rings. The van der Waals surface area contributed by atoms with Crippen LogP contribution in [0.25, 0.3) is 0 Å². The minimum Gasteiger partial charge on any atom is -0.309 e. The van der Waals surface area contributed by atoms with E-state index in [0.29, 0.717) is 17.8 Å². The van der Waals surface area contributed by atoms with Crippen molar-refractivity contribution in [3.63, 3.8) is 0 Å². The van der Waals surface area contributed by atoms with E-state index in [4.69, 9.17) is 0 Å². The van der Waals surface area contributed by atoms with E-state index in [-0.39, 0.29) is 0 Å². The van der Waals surface area contributed by atoms with Crippen molar-refractivity contribution in [1.29, 1.82) is 0 Å². The monoisotopic (exact) mass is 270 g/mol. The topological polar surface area (TPSA) is 75.6 Å². The van der Waals surface area contributed by atoms with Crippen LogP contribution in [0.3, 0.4) is 0 Å². The Kier molecular flexibility index (Phi) is 3.56. The molecular weight excluding hydrogens is 252 g/mol. The molecule has 1 aliphatic heterocycles. The molecule has 20 heavy (non-hydrogen) atoms. The maximum absolute atomic E-state index is 4.59. The van der Waals surface area contributed by atoms with Crippen molar-refractivity contribution in [1.82, 2.24) is 25.3 Å². The number of aryl methyl sites for hydroxylation is 2. The lowest BCUT2D eigenvalue weighted by molar-refractivity contribution is 0.625. The lowest BCUT2D eigenvalue weighted by Crippen LogP contribution is -2.15. The van der Waals surface area contributed by atoms with Crippen LogP contribution < -0.4 is 10.6 Å². The average Bonchev–Trinajstić information content (AvgIpc) is 2.91. The molecule has 0 spiro atoms. The summed E-state index contributed by atoms with van der Waals surface area (Å²) in [6, 6.07) is 2.25. The van der Waals surface area contributed by atoms with E-state index < -0.39 is 0 Å². The molecule has 2 N–H and O–H groups in total. The molecule has 1 fully saturated rings. The summed E-state index contributed by atoms with van der Waals surface area (Å²) >= 11 is 0. The first-order valence-corrected chi connectivity index (χ1v) is 6.85. The highest BCUT2D eigenvalue weighted by Gasteiger charge is 2.18. The molecule has 6 nitrogen and oxygen atoms in total. The van der Waals surface area contributed by atoms with Crippen LogP contribution >= 0.6 is 0 Å². The van der Waals surface area contributed by atoms with Gasteiger partial charge in [-0.1, -0.05) is 0 Å². The lowest BCUT2D eigenvalue weighted by atomic mass is 10.2. The number of nitrogens with zero attached hydrogens (tertiary/aromatic N) is 4. The Bertz CT molecular complexity index is 586. The van der Waals surface area contributed by atoms with Crippen LogP contribution in [-0.4, -0.2) is 26.5 Å². The lowest BCUT2D eigenvalue weighted by Gasteiger charge is -2.11. The second-order valence-corrected chi connectivity index (χ2v) is 5.08. The van der Waals surface area contributed by atoms with E-state index in [1.54, 1.807) is 6.20 Å². The predicted molar refractivity (Wildman–Crippen MR) is 76.8 cm³/mol. The van der Waals surface area contributed by atoms with Gasteiger partial charge in [-0.2, -0.15) is 0 Å². The van der Waals surface area contributed by atoms with Crippen LogP contribution in [0.15, 0.2) is 18.5 Å². The predicted octanol–water partition coefficient (Wildman–Crippen LogP) is 2.05. The molecule has 0 unspecified atom stereocenters. The summed E-state index contributed by atoms with van der Waals surface area (Å²) in [5.74, 6) is 1.24. The number of hydrogen-bond donors (Lipinski definition) is 2. The van der Waals surface area contributed by atoms with Crippen LogP contribution in [0.4, 0.5) is 11.8 Å². The summed E-state index contributed by atoms with van der Waals surface area (Å²) in [6.07, 6.45) is 5.80. The molecule has 3 heterocycles. The molecule has 1 atom stereocenters. The first-order chi connectivity index (χ1) is 9.70. The molecule has 2 aromatic rings. The Labute approximate surface area is 118 Å². The summed E-state index contributed by atoms with van der Waals surface area (Å²) < 4.78 is 0. The van der Waals surface area contributed by atoms with Crippen LogP contribution in [0.5, 0.6) is 0 Å². The quantitative estimate of drug-likeness (QED) is 0.889. The molecule has 1 saturated heterocycles. The van der Waals surface area contributed by atoms with Crippen LogP contribution in [-0.2, 0) is 0 Å². The van der Waals surface area contributed by atoms with E-state index in [9.17, 15) is 0 Å². The smallest absolute Gasteiger partial charge is 0.228 e. The van der Waals surface area contributed by atoms with Gasteiger partial charge in [0.25, 0.3) is 0 Å². The van der Waals surface area contributed by atoms with E-state index in [2.05, 4.69) is 30.6 Å². The maximum atomic E-state index is 4.59. The molecule has 3 rings (SSSR count). The molecule has 2 aromatic heterocycles. The van der Waals surface area contributed by atoms with Crippen molar-refractivity contribution in [3.8, 4) is 0 Å². The van der Waals surface area contributed by atoms with Gasteiger partial charge in [0.2, 0.25) is 5.95 Å². The number of rotatable bonds is 3. The van der Waals surface area contributed by atoms with E-state index >= 15 is 0 Å². The molecule has 0 bridgehead atoms. The van der Waals surface area contributed by atoms with E-state index in [1.165, 1.54) is 6.42 Å². The third-order valence-electron chi connectivity index (χ3n) is 3.29. The van der Waals surface area contributed by atoms with Gasteiger partial charge in [0.05, 0.1) is 24.1 Å². The summed E-state index contributed by atoms with van der Waals surface area (Å²) in [4.78, 5) is 17.5. The highest BCUT2D eigenvalue weighted by molar-refractivity contribution is 5.46. The van der Waals surface area contributed by atoms with E-state index in [1.807, 2.05) is 26.1 Å². The Morgan fingerprint density at radius 3 is 2.65 bits per heavy atom. The first-order valence-electron chi connectivity index (χ1n) is 6.85. The normalized spacial score (nSPS) is 18.2. The molecule has 6 heteroatoms. The summed E-state index contributed by atoms with van der Waals surface area (Å²) in [5.41, 5.74) is 2.83. The first kappa shape index (κ1) is 12.9. The van der Waals surface area contributed by atoms with Crippen LogP contribution in [0, 0.1) is 13.8 Å². The minimum atomic E-state index is 0.310. The summed E-state index contributed by atoms with van der Waals surface area (Å²) in [5, 5.41) is 6.55. The Balaban J connectivity index is 1.81. The summed E-state index contributed by atoms with van der Waals surface area (Å²) in [7, 11) is 0. The number of anilines is 2. The van der Waals surface area contributed by atoms with E-state index in [0.717, 1.165) is 30.0 Å². The second-order valence-electron chi connectivity index (χ2n) is 5.08. The largest absolute Gasteiger partial charge is 0.309 e. The summed E-state index contributed by atoms with van der Waals surface area (Å²) in [6.45, 7) is 4.94. The maximum Gasteiger partial charge on any atom is 0.228 e. The van der Waals surface area contributed by atoms with Gasteiger partial charge in [0.15, 0.2) is 5.82 Å². The van der Waals surface area contributed by atoms with Gasteiger partial charge in [-0.3, -0.25) is 4.98 Å². The highest BCUT2D eigenvalue weighted by Crippen LogP contribution is 2.22. The van der Waals surface area contributed by atoms with Gasteiger partial charge >= 0.3 is 0 Å². The Morgan fingerprint density at radius 2 is 1.95 bits per heavy atom. The molecule has 0 radical (unpaired) electrons. The molecule has 104 valence electrons. The van der Waals surface area contributed by atoms with Gasteiger partial charge in [-0.05, 0) is 39.3 Å². The van der Waals surface area contributed by atoms with Crippen molar-refractivity contribution >= 4 is 11.8 Å². The number of nitrogens with one attached hydrogen (secondary N) is 2. The van der Waals surface area contributed by atoms with Crippen molar-refractivity contribution in [2.75, 3.05) is 11.9 Å². The van der Waals surface area contributed by atoms with Crippen LogP contribution in [0.1, 0.15) is 36.0 Å². The molecule has 0 aromatic carbocycles.